The normalized spacial score (nSPS) is 10.7. The lowest BCUT2D eigenvalue weighted by Gasteiger charge is -2.12. The first-order chi connectivity index (χ1) is 15.5. The molecule has 0 spiro atoms. The van der Waals surface area contributed by atoms with Crippen LogP contribution in [0.15, 0.2) is 71.5 Å². The van der Waals surface area contributed by atoms with Crippen molar-refractivity contribution >= 4 is 46.3 Å². The topological polar surface area (TPSA) is 88.9 Å². The molecule has 4 aromatic rings. The van der Waals surface area contributed by atoms with Crippen molar-refractivity contribution in [2.45, 2.75) is 19.0 Å². The van der Waals surface area contributed by atoms with Crippen molar-refractivity contribution < 1.29 is 9.59 Å². The SMILES string of the molecule is Cc1ccc(-n2cnnc2SCC(=O)Nc2ccccc2NC(=O)c2cccs2)cc1C. The molecule has 0 atom stereocenters. The maximum absolute atomic E-state index is 12.6. The zero-order chi connectivity index (χ0) is 22.5. The van der Waals surface area contributed by atoms with E-state index in [0.717, 1.165) is 5.69 Å². The Morgan fingerprint density at radius 1 is 1.00 bits per heavy atom. The van der Waals surface area contributed by atoms with Gasteiger partial charge in [0.05, 0.1) is 22.0 Å². The number of carbonyl (C=O) groups is 2. The van der Waals surface area contributed by atoms with Gasteiger partial charge in [0.2, 0.25) is 5.91 Å². The van der Waals surface area contributed by atoms with E-state index >= 15 is 0 Å². The van der Waals surface area contributed by atoms with E-state index in [9.17, 15) is 9.59 Å². The molecule has 7 nitrogen and oxygen atoms in total. The molecule has 2 aromatic carbocycles. The average molecular weight is 464 g/mol. The van der Waals surface area contributed by atoms with Crippen molar-refractivity contribution in [2.24, 2.45) is 0 Å². The molecule has 0 bridgehead atoms. The van der Waals surface area contributed by atoms with Crippen molar-refractivity contribution in [3.63, 3.8) is 0 Å². The second-order valence-corrected chi connectivity index (χ2v) is 8.96. The molecule has 0 aliphatic heterocycles. The highest BCUT2D eigenvalue weighted by atomic mass is 32.2. The lowest BCUT2D eigenvalue weighted by molar-refractivity contribution is -0.113. The standard InChI is InChI=1S/C23H21N5O2S2/c1-15-9-10-17(12-16(15)2)28-14-24-27-23(28)32-13-21(29)25-18-6-3-4-7-19(18)26-22(30)20-8-5-11-31-20/h3-12,14H,13H2,1-2H3,(H,25,29)(H,26,30). The number of anilines is 2. The number of aromatic nitrogens is 3. The van der Waals surface area contributed by atoms with Crippen molar-refractivity contribution in [3.8, 4) is 5.69 Å². The highest BCUT2D eigenvalue weighted by Crippen LogP contribution is 2.25. The van der Waals surface area contributed by atoms with Crippen LogP contribution in [0.1, 0.15) is 20.8 Å². The zero-order valence-electron chi connectivity index (χ0n) is 17.5. The minimum Gasteiger partial charge on any atom is -0.324 e. The van der Waals surface area contributed by atoms with Crippen LogP contribution in [0.25, 0.3) is 5.69 Å². The molecule has 2 amide bonds. The van der Waals surface area contributed by atoms with E-state index in [0.29, 0.717) is 21.4 Å². The number of para-hydroxylation sites is 2. The van der Waals surface area contributed by atoms with Crippen LogP contribution in [0.5, 0.6) is 0 Å². The van der Waals surface area contributed by atoms with Crippen molar-refractivity contribution in [2.75, 3.05) is 16.4 Å². The molecule has 2 N–H and O–H groups in total. The summed E-state index contributed by atoms with van der Waals surface area (Å²) in [6, 6.07) is 16.8. The fourth-order valence-electron chi connectivity index (χ4n) is 2.98. The number of hydrogen-bond donors (Lipinski definition) is 2. The Bertz CT molecular complexity index is 1250. The maximum atomic E-state index is 12.6. The number of aryl methyl sites for hydroxylation is 2. The van der Waals surface area contributed by atoms with Crippen molar-refractivity contribution in [3.05, 3.63) is 82.3 Å². The molecular formula is C23H21N5O2S2. The molecule has 162 valence electrons. The number of thioether (sulfide) groups is 1. The lowest BCUT2D eigenvalue weighted by Crippen LogP contribution is -2.17. The van der Waals surface area contributed by atoms with Gasteiger partial charge in [0.25, 0.3) is 5.91 Å². The van der Waals surface area contributed by atoms with Crippen LogP contribution < -0.4 is 10.6 Å². The summed E-state index contributed by atoms with van der Waals surface area (Å²) in [5.41, 5.74) is 4.41. The molecule has 0 fully saturated rings. The smallest absolute Gasteiger partial charge is 0.265 e. The molecule has 0 radical (unpaired) electrons. The lowest BCUT2D eigenvalue weighted by atomic mass is 10.1. The predicted molar refractivity (Wildman–Crippen MR) is 129 cm³/mol. The van der Waals surface area contributed by atoms with Crippen LogP contribution in [0.3, 0.4) is 0 Å². The number of rotatable bonds is 7. The molecule has 0 saturated heterocycles. The van der Waals surface area contributed by atoms with Gasteiger partial charge in [-0.2, -0.15) is 0 Å². The monoisotopic (exact) mass is 463 g/mol. The van der Waals surface area contributed by atoms with Gasteiger partial charge in [0.15, 0.2) is 5.16 Å². The Morgan fingerprint density at radius 3 is 2.50 bits per heavy atom. The third-order valence-corrected chi connectivity index (χ3v) is 6.62. The number of carbonyl (C=O) groups excluding carboxylic acids is 2. The van der Waals surface area contributed by atoms with Gasteiger partial charge in [-0.25, -0.2) is 0 Å². The van der Waals surface area contributed by atoms with Crippen LogP contribution in [-0.4, -0.2) is 32.3 Å². The van der Waals surface area contributed by atoms with E-state index in [4.69, 9.17) is 0 Å². The Balaban J connectivity index is 1.41. The zero-order valence-corrected chi connectivity index (χ0v) is 19.2. The number of amides is 2. The largest absolute Gasteiger partial charge is 0.324 e. The fourth-order valence-corrected chi connectivity index (χ4v) is 4.33. The summed E-state index contributed by atoms with van der Waals surface area (Å²) in [6.07, 6.45) is 1.64. The number of benzene rings is 2. The Hall–Kier alpha value is -3.43. The minimum absolute atomic E-state index is 0.150. The van der Waals surface area contributed by atoms with Gasteiger partial charge in [-0.05, 0) is 60.7 Å². The highest BCUT2D eigenvalue weighted by molar-refractivity contribution is 7.99. The summed E-state index contributed by atoms with van der Waals surface area (Å²) in [5, 5.41) is 16.3. The highest BCUT2D eigenvalue weighted by Gasteiger charge is 2.14. The van der Waals surface area contributed by atoms with Gasteiger partial charge in [-0.15, -0.1) is 21.5 Å². The van der Waals surface area contributed by atoms with Crippen LogP contribution in [-0.2, 0) is 4.79 Å². The molecule has 4 rings (SSSR count). The summed E-state index contributed by atoms with van der Waals surface area (Å²) in [6.45, 7) is 4.12. The van der Waals surface area contributed by atoms with Crippen molar-refractivity contribution in [1.29, 1.82) is 0 Å². The van der Waals surface area contributed by atoms with Crippen LogP contribution in [0.4, 0.5) is 11.4 Å². The van der Waals surface area contributed by atoms with Crippen LogP contribution in [0, 0.1) is 13.8 Å². The van der Waals surface area contributed by atoms with Gasteiger partial charge in [0, 0.05) is 5.69 Å². The summed E-state index contributed by atoms with van der Waals surface area (Å²) in [5.74, 6) is -0.267. The van der Waals surface area contributed by atoms with Crippen LogP contribution in [0.2, 0.25) is 0 Å². The predicted octanol–water partition coefficient (Wildman–Crippen LogP) is 4.93. The minimum atomic E-state index is -0.211. The molecule has 0 aliphatic carbocycles. The second kappa shape index (κ2) is 9.80. The van der Waals surface area contributed by atoms with E-state index in [1.54, 1.807) is 36.7 Å². The van der Waals surface area contributed by atoms with Crippen LogP contribution >= 0.6 is 23.1 Å². The number of thiophene rings is 1. The molecular weight excluding hydrogens is 442 g/mol. The third-order valence-electron chi connectivity index (χ3n) is 4.81. The maximum Gasteiger partial charge on any atom is 0.265 e. The molecule has 2 aromatic heterocycles. The summed E-state index contributed by atoms with van der Waals surface area (Å²) < 4.78 is 1.86. The Morgan fingerprint density at radius 2 is 1.78 bits per heavy atom. The Labute approximate surface area is 193 Å². The molecule has 32 heavy (non-hydrogen) atoms. The summed E-state index contributed by atoms with van der Waals surface area (Å²) in [7, 11) is 0. The van der Waals surface area contributed by atoms with E-state index in [2.05, 4.69) is 40.7 Å². The van der Waals surface area contributed by atoms with E-state index in [-0.39, 0.29) is 17.6 Å². The third kappa shape index (κ3) is 5.06. The molecule has 0 unspecified atom stereocenters. The number of nitrogens with zero attached hydrogens (tertiary/aromatic N) is 3. The molecule has 9 heteroatoms. The fraction of sp³-hybridized carbons (Fsp3) is 0.130. The quantitative estimate of drug-likeness (QED) is 0.380. The first-order valence-corrected chi connectivity index (χ1v) is 11.7. The van der Waals surface area contributed by atoms with Gasteiger partial charge in [0.1, 0.15) is 6.33 Å². The van der Waals surface area contributed by atoms with Gasteiger partial charge in [-0.1, -0.05) is 36.0 Å². The molecule has 0 saturated carbocycles. The summed E-state index contributed by atoms with van der Waals surface area (Å²) in [4.78, 5) is 25.6. The number of nitrogens with one attached hydrogen (secondary N) is 2. The molecule has 2 heterocycles. The Kier molecular flexibility index (Phi) is 6.67. The van der Waals surface area contributed by atoms with Crippen molar-refractivity contribution in [1.82, 2.24) is 14.8 Å². The van der Waals surface area contributed by atoms with Gasteiger partial charge >= 0.3 is 0 Å². The average Bonchev–Trinajstić information content (AvgIpc) is 3.48. The summed E-state index contributed by atoms with van der Waals surface area (Å²) >= 11 is 2.66. The van der Waals surface area contributed by atoms with Gasteiger partial charge in [-0.3, -0.25) is 14.2 Å². The molecule has 0 aliphatic rings. The first kappa shape index (κ1) is 21.8. The second-order valence-electron chi connectivity index (χ2n) is 7.07. The van der Waals surface area contributed by atoms with Gasteiger partial charge < -0.3 is 10.6 Å². The number of hydrogen-bond acceptors (Lipinski definition) is 6. The van der Waals surface area contributed by atoms with E-state index in [1.165, 1.54) is 34.2 Å². The van der Waals surface area contributed by atoms with E-state index < -0.39 is 0 Å². The van der Waals surface area contributed by atoms with E-state index in [1.807, 2.05) is 28.1 Å². The first-order valence-electron chi connectivity index (χ1n) is 9.85.